The third kappa shape index (κ3) is 2.86. The molecule has 128 valence electrons. The number of benzene rings is 2. The molecule has 0 aliphatic rings. The van der Waals surface area contributed by atoms with Crippen LogP contribution < -0.4 is 9.47 Å². The van der Waals surface area contributed by atoms with Gasteiger partial charge in [-0.15, -0.1) is 0 Å². The van der Waals surface area contributed by atoms with Crippen LogP contribution in [-0.2, 0) is 0 Å². The van der Waals surface area contributed by atoms with Crippen molar-refractivity contribution in [1.82, 2.24) is 9.97 Å². The average Bonchev–Trinajstić information content (AvgIpc) is 2.73. The standard InChI is InChI=1S/C22H18N2O2/c1-25-20-12-17-11-19(16-9-6-10-23-14-16)24-22(15-7-4-3-5-8-15)18(17)13-21(20)26-2/h3-14H,1-2H3. The summed E-state index contributed by atoms with van der Waals surface area (Å²) in [6.45, 7) is 0. The minimum absolute atomic E-state index is 0.688. The van der Waals surface area contributed by atoms with Crippen molar-refractivity contribution in [3.63, 3.8) is 0 Å². The fraction of sp³-hybridized carbons (Fsp3) is 0.0909. The van der Waals surface area contributed by atoms with Gasteiger partial charge in [0, 0.05) is 28.9 Å². The Morgan fingerprint density at radius 2 is 1.50 bits per heavy atom. The summed E-state index contributed by atoms with van der Waals surface area (Å²) < 4.78 is 11.0. The van der Waals surface area contributed by atoms with Crippen molar-refractivity contribution in [2.45, 2.75) is 0 Å². The topological polar surface area (TPSA) is 44.2 Å². The maximum atomic E-state index is 5.49. The van der Waals surface area contributed by atoms with Crippen LogP contribution in [0.3, 0.4) is 0 Å². The van der Waals surface area contributed by atoms with Crippen molar-refractivity contribution in [3.05, 3.63) is 73.1 Å². The fourth-order valence-electron chi connectivity index (χ4n) is 3.06. The highest BCUT2D eigenvalue weighted by molar-refractivity contribution is 5.98. The second kappa shape index (κ2) is 6.84. The van der Waals surface area contributed by atoms with E-state index in [0.29, 0.717) is 11.5 Å². The Labute approximate surface area is 152 Å². The van der Waals surface area contributed by atoms with Crippen LogP contribution in [-0.4, -0.2) is 24.2 Å². The largest absolute Gasteiger partial charge is 0.493 e. The number of nitrogens with zero attached hydrogens (tertiary/aromatic N) is 2. The van der Waals surface area contributed by atoms with Gasteiger partial charge in [-0.3, -0.25) is 4.98 Å². The molecule has 26 heavy (non-hydrogen) atoms. The van der Waals surface area contributed by atoms with Gasteiger partial charge in [0.15, 0.2) is 11.5 Å². The molecule has 0 spiro atoms. The zero-order valence-electron chi connectivity index (χ0n) is 14.6. The molecule has 2 aromatic carbocycles. The van der Waals surface area contributed by atoms with E-state index >= 15 is 0 Å². The lowest BCUT2D eigenvalue weighted by Gasteiger charge is -2.14. The number of rotatable bonds is 4. The summed E-state index contributed by atoms with van der Waals surface area (Å²) >= 11 is 0. The zero-order valence-corrected chi connectivity index (χ0v) is 14.6. The van der Waals surface area contributed by atoms with Gasteiger partial charge in [0.1, 0.15) is 0 Å². The molecule has 0 unspecified atom stereocenters. The highest BCUT2D eigenvalue weighted by atomic mass is 16.5. The third-order valence-electron chi connectivity index (χ3n) is 4.34. The van der Waals surface area contributed by atoms with E-state index in [1.165, 1.54) is 0 Å². The van der Waals surface area contributed by atoms with Gasteiger partial charge in [-0.2, -0.15) is 0 Å². The van der Waals surface area contributed by atoms with E-state index < -0.39 is 0 Å². The molecule has 4 nitrogen and oxygen atoms in total. The maximum Gasteiger partial charge on any atom is 0.161 e. The van der Waals surface area contributed by atoms with Crippen molar-refractivity contribution in [2.24, 2.45) is 0 Å². The summed E-state index contributed by atoms with van der Waals surface area (Å²) in [5.74, 6) is 1.38. The zero-order chi connectivity index (χ0) is 17.9. The second-order valence-corrected chi connectivity index (χ2v) is 5.89. The molecule has 2 aromatic heterocycles. The van der Waals surface area contributed by atoms with Crippen molar-refractivity contribution >= 4 is 10.8 Å². The Morgan fingerprint density at radius 1 is 0.769 bits per heavy atom. The Kier molecular flexibility index (Phi) is 4.23. The smallest absolute Gasteiger partial charge is 0.161 e. The molecule has 0 saturated heterocycles. The highest BCUT2D eigenvalue weighted by Gasteiger charge is 2.14. The van der Waals surface area contributed by atoms with Crippen molar-refractivity contribution in [3.8, 4) is 34.0 Å². The molecule has 0 aliphatic heterocycles. The van der Waals surface area contributed by atoms with Crippen LogP contribution in [0.15, 0.2) is 73.1 Å². The first-order valence-corrected chi connectivity index (χ1v) is 8.33. The lowest BCUT2D eigenvalue weighted by atomic mass is 10.0. The number of fused-ring (bicyclic) bond motifs is 1. The van der Waals surface area contributed by atoms with Crippen LogP contribution in [0, 0.1) is 0 Å². The first-order valence-electron chi connectivity index (χ1n) is 8.33. The average molecular weight is 342 g/mol. The van der Waals surface area contributed by atoms with Crippen LogP contribution >= 0.6 is 0 Å². The van der Waals surface area contributed by atoms with Crippen LogP contribution in [0.5, 0.6) is 11.5 Å². The summed E-state index contributed by atoms with van der Waals surface area (Å²) in [5.41, 5.74) is 3.80. The predicted octanol–water partition coefficient (Wildman–Crippen LogP) is 4.98. The van der Waals surface area contributed by atoms with E-state index in [9.17, 15) is 0 Å². The van der Waals surface area contributed by atoms with E-state index in [1.807, 2.05) is 48.7 Å². The van der Waals surface area contributed by atoms with Crippen LogP contribution in [0.1, 0.15) is 0 Å². The number of hydrogen-bond acceptors (Lipinski definition) is 4. The van der Waals surface area contributed by atoms with E-state index in [0.717, 1.165) is 33.3 Å². The molecule has 4 heteroatoms. The molecule has 0 N–H and O–H groups in total. The van der Waals surface area contributed by atoms with Gasteiger partial charge in [-0.25, -0.2) is 4.98 Å². The van der Waals surface area contributed by atoms with E-state index in [-0.39, 0.29) is 0 Å². The minimum atomic E-state index is 0.688. The first-order chi connectivity index (χ1) is 12.8. The summed E-state index contributed by atoms with van der Waals surface area (Å²) in [6.07, 6.45) is 3.58. The van der Waals surface area contributed by atoms with Crippen molar-refractivity contribution in [2.75, 3.05) is 14.2 Å². The minimum Gasteiger partial charge on any atom is -0.493 e. The van der Waals surface area contributed by atoms with E-state index in [2.05, 4.69) is 23.2 Å². The number of methoxy groups -OCH3 is 2. The molecule has 0 radical (unpaired) electrons. The second-order valence-electron chi connectivity index (χ2n) is 5.89. The molecule has 0 aliphatic carbocycles. The molecule has 0 saturated carbocycles. The van der Waals surface area contributed by atoms with Gasteiger partial charge in [0.2, 0.25) is 0 Å². The molecule has 4 rings (SSSR count). The van der Waals surface area contributed by atoms with Gasteiger partial charge < -0.3 is 9.47 Å². The van der Waals surface area contributed by atoms with Gasteiger partial charge in [0.25, 0.3) is 0 Å². The fourth-order valence-corrected chi connectivity index (χ4v) is 3.06. The Balaban J connectivity index is 2.05. The predicted molar refractivity (Wildman–Crippen MR) is 104 cm³/mol. The number of pyridine rings is 2. The molecule has 2 heterocycles. The summed E-state index contributed by atoms with van der Waals surface area (Å²) in [4.78, 5) is 9.16. The van der Waals surface area contributed by atoms with Gasteiger partial charge >= 0.3 is 0 Å². The van der Waals surface area contributed by atoms with E-state index in [1.54, 1.807) is 20.4 Å². The molecule has 4 aromatic rings. The molecule has 0 amide bonds. The maximum absolute atomic E-state index is 5.49. The molecular weight excluding hydrogens is 324 g/mol. The lowest BCUT2D eigenvalue weighted by molar-refractivity contribution is 0.356. The quantitative estimate of drug-likeness (QED) is 0.524. The number of aromatic nitrogens is 2. The Hall–Kier alpha value is -3.40. The normalized spacial score (nSPS) is 10.7. The first kappa shape index (κ1) is 16.1. The molecule has 0 bridgehead atoms. The molecular formula is C22H18N2O2. The van der Waals surface area contributed by atoms with Gasteiger partial charge in [0.05, 0.1) is 25.6 Å². The molecule has 0 fully saturated rings. The third-order valence-corrected chi connectivity index (χ3v) is 4.34. The van der Waals surface area contributed by atoms with Crippen LogP contribution in [0.2, 0.25) is 0 Å². The van der Waals surface area contributed by atoms with E-state index in [4.69, 9.17) is 14.5 Å². The van der Waals surface area contributed by atoms with Gasteiger partial charge in [-0.05, 0) is 35.7 Å². The Bertz CT molecular complexity index is 1050. The summed E-state index contributed by atoms with van der Waals surface area (Å²) in [6, 6.07) is 20.1. The Morgan fingerprint density at radius 3 is 2.19 bits per heavy atom. The molecule has 0 atom stereocenters. The SMILES string of the molecule is COc1cc2cc(-c3cccnc3)nc(-c3ccccc3)c2cc1OC. The van der Waals surface area contributed by atoms with Gasteiger partial charge in [-0.1, -0.05) is 30.3 Å². The monoisotopic (exact) mass is 342 g/mol. The lowest BCUT2D eigenvalue weighted by Crippen LogP contribution is -1.95. The summed E-state index contributed by atoms with van der Waals surface area (Å²) in [5, 5.41) is 2.05. The van der Waals surface area contributed by atoms with Crippen LogP contribution in [0.4, 0.5) is 0 Å². The highest BCUT2D eigenvalue weighted by Crippen LogP contribution is 2.38. The van der Waals surface area contributed by atoms with Crippen molar-refractivity contribution < 1.29 is 9.47 Å². The summed E-state index contributed by atoms with van der Waals surface area (Å²) in [7, 11) is 3.29. The number of ether oxygens (including phenoxy) is 2. The van der Waals surface area contributed by atoms with Crippen molar-refractivity contribution in [1.29, 1.82) is 0 Å². The number of hydrogen-bond donors (Lipinski definition) is 0. The van der Waals surface area contributed by atoms with Crippen LogP contribution in [0.25, 0.3) is 33.3 Å².